The van der Waals surface area contributed by atoms with E-state index < -0.39 is 5.97 Å². The number of carboxylic acid groups (broad SMARTS) is 1. The monoisotopic (exact) mass is 206 g/mol. The van der Waals surface area contributed by atoms with E-state index in [9.17, 15) is 4.79 Å². The summed E-state index contributed by atoms with van der Waals surface area (Å²) in [5.74, 6) is 0.513. The van der Waals surface area contributed by atoms with Crippen LogP contribution in [0, 0.1) is 5.92 Å². The number of nitrogens with one attached hydrogen (secondary N) is 1. The van der Waals surface area contributed by atoms with Gasteiger partial charge in [0.2, 0.25) is 0 Å². The van der Waals surface area contributed by atoms with Gasteiger partial charge in [-0.05, 0) is 30.9 Å². The fourth-order valence-electron chi connectivity index (χ4n) is 1.87. The Morgan fingerprint density at radius 2 is 2.33 bits per heavy atom. The molecule has 0 unspecified atom stereocenters. The lowest BCUT2D eigenvalue weighted by Gasteiger charge is -2.33. The third kappa shape index (κ3) is 2.26. The highest BCUT2D eigenvalue weighted by Gasteiger charge is 2.25. The van der Waals surface area contributed by atoms with Gasteiger partial charge in [-0.2, -0.15) is 0 Å². The predicted molar refractivity (Wildman–Crippen MR) is 57.0 cm³/mol. The molecule has 1 aromatic rings. The molecule has 2 N–H and O–H groups in total. The lowest BCUT2D eigenvalue weighted by molar-refractivity contribution is 0.0697. The van der Waals surface area contributed by atoms with Crippen molar-refractivity contribution in [3.63, 3.8) is 0 Å². The van der Waals surface area contributed by atoms with Crippen molar-refractivity contribution in [2.45, 2.75) is 25.8 Å². The van der Waals surface area contributed by atoms with Gasteiger partial charge >= 0.3 is 5.97 Å². The number of rotatable bonds is 3. The van der Waals surface area contributed by atoms with Gasteiger partial charge in [0.25, 0.3) is 0 Å². The molecule has 1 heterocycles. The molecule has 1 aliphatic carbocycles. The molecule has 1 saturated carbocycles. The first kappa shape index (κ1) is 9.96. The third-order valence-electron chi connectivity index (χ3n) is 2.73. The minimum atomic E-state index is -0.914. The zero-order valence-corrected chi connectivity index (χ0v) is 8.60. The van der Waals surface area contributed by atoms with E-state index in [-0.39, 0.29) is 5.56 Å². The molecular formula is C11H14N2O2. The number of aromatic carboxylic acids is 1. The normalized spacial score (nSPS) is 24.3. The number of nitrogens with zero attached hydrogens (tertiary/aromatic N) is 1. The molecule has 80 valence electrons. The molecule has 15 heavy (non-hydrogen) atoms. The van der Waals surface area contributed by atoms with Crippen LogP contribution in [0.3, 0.4) is 0 Å². The molecule has 1 aromatic heterocycles. The Morgan fingerprint density at radius 1 is 1.60 bits per heavy atom. The highest BCUT2D eigenvalue weighted by Crippen LogP contribution is 2.28. The fourth-order valence-corrected chi connectivity index (χ4v) is 1.87. The SMILES string of the molecule is CC1CC(Nc2cc(C(=O)O)ccn2)C1. The van der Waals surface area contributed by atoms with Crippen LogP contribution in [0.4, 0.5) is 5.82 Å². The summed E-state index contributed by atoms with van der Waals surface area (Å²) in [5.41, 5.74) is 0.278. The maximum Gasteiger partial charge on any atom is 0.335 e. The van der Waals surface area contributed by atoms with Crippen molar-refractivity contribution in [2.24, 2.45) is 5.92 Å². The predicted octanol–water partition coefficient (Wildman–Crippen LogP) is 1.99. The van der Waals surface area contributed by atoms with Gasteiger partial charge in [-0.3, -0.25) is 0 Å². The lowest BCUT2D eigenvalue weighted by Crippen LogP contribution is -2.34. The number of carboxylic acids is 1. The molecule has 0 radical (unpaired) electrons. The lowest BCUT2D eigenvalue weighted by atomic mass is 9.82. The third-order valence-corrected chi connectivity index (χ3v) is 2.73. The van der Waals surface area contributed by atoms with Crippen LogP contribution in [0.1, 0.15) is 30.1 Å². The quantitative estimate of drug-likeness (QED) is 0.793. The minimum Gasteiger partial charge on any atom is -0.478 e. The molecular weight excluding hydrogens is 192 g/mol. The number of anilines is 1. The molecule has 0 amide bonds. The second kappa shape index (κ2) is 3.88. The van der Waals surface area contributed by atoms with Crippen molar-refractivity contribution in [1.29, 1.82) is 0 Å². The van der Waals surface area contributed by atoms with E-state index in [1.54, 1.807) is 6.07 Å². The topological polar surface area (TPSA) is 62.2 Å². The summed E-state index contributed by atoms with van der Waals surface area (Å²) in [5, 5.41) is 12.0. The van der Waals surface area contributed by atoms with Gasteiger partial charge in [-0.25, -0.2) is 9.78 Å². The molecule has 0 atom stereocenters. The van der Waals surface area contributed by atoms with Crippen LogP contribution in [0.25, 0.3) is 0 Å². The van der Waals surface area contributed by atoms with Crippen LogP contribution in [0.15, 0.2) is 18.3 Å². The molecule has 0 bridgehead atoms. The van der Waals surface area contributed by atoms with Gasteiger partial charge < -0.3 is 10.4 Å². The fraction of sp³-hybridized carbons (Fsp3) is 0.455. The first-order chi connectivity index (χ1) is 7.15. The molecule has 1 aliphatic rings. The summed E-state index contributed by atoms with van der Waals surface area (Å²) < 4.78 is 0. The molecule has 1 fully saturated rings. The second-order valence-corrected chi connectivity index (χ2v) is 4.15. The summed E-state index contributed by atoms with van der Waals surface area (Å²) in [6.07, 6.45) is 3.80. The number of carbonyl (C=O) groups is 1. The summed E-state index contributed by atoms with van der Waals surface area (Å²) in [4.78, 5) is 14.8. The van der Waals surface area contributed by atoms with Crippen LogP contribution in [0.5, 0.6) is 0 Å². The zero-order chi connectivity index (χ0) is 10.8. The van der Waals surface area contributed by atoms with Crippen LogP contribution >= 0.6 is 0 Å². The van der Waals surface area contributed by atoms with Gasteiger partial charge in [-0.15, -0.1) is 0 Å². The zero-order valence-electron chi connectivity index (χ0n) is 8.60. The molecule has 0 saturated heterocycles. The van der Waals surface area contributed by atoms with Crippen molar-refractivity contribution in [2.75, 3.05) is 5.32 Å². The van der Waals surface area contributed by atoms with Gasteiger partial charge in [0, 0.05) is 12.2 Å². The molecule has 0 spiro atoms. The van der Waals surface area contributed by atoms with Crippen LogP contribution in [-0.2, 0) is 0 Å². The standard InChI is InChI=1S/C11H14N2O2/c1-7-4-9(5-7)13-10-6-8(11(14)15)2-3-12-10/h2-3,6-7,9H,4-5H2,1H3,(H,12,13)(H,14,15). The average Bonchev–Trinajstić information content (AvgIpc) is 2.16. The average molecular weight is 206 g/mol. The highest BCUT2D eigenvalue weighted by atomic mass is 16.4. The number of aromatic nitrogens is 1. The maximum atomic E-state index is 10.7. The van der Waals surface area contributed by atoms with Crippen LogP contribution in [0.2, 0.25) is 0 Å². The first-order valence-corrected chi connectivity index (χ1v) is 5.11. The number of pyridine rings is 1. The Hall–Kier alpha value is -1.58. The van der Waals surface area contributed by atoms with Gasteiger partial charge in [0.15, 0.2) is 0 Å². The summed E-state index contributed by atoms with van der Waals surface area (Å²) in [6.45, 7) is 2.21. The largest absolute Gasteiger partial charge is 0.478 e. The van der Waals surface area contributed by atoms with E-state index in [0.29, 0.717) is 11.9 Å². The molecule has 0 aliphatic heterocycles. The van der Waals surface area contributed by atoms with E-state index in [1.807, 2.05) is 0 Å². The van der Waals surface area contributed by atoms with Crippen molar-refractivity contribution < 1.29 is 9.90 Å². The Morgan fingerprint density at radius 3 is 2.93 bits per heavy atom. The minimum absolute atomic E-state index is 0.278. The summed E-state index contributed by atoms with van der Waals surface area (Å²) >= 11 is 0. The maximum absolute atomic E-state index is 10.7. The van der Waals surface area contributed by atoms with Crippen LogP contribution in [-0.4, -0.2) is 22.1 Å². The van der Waals surface area contributed by atoms with Crippen molar-refractivity contribution >= 4 is 11.8 Å². The van der Waals surface area contributed by atoms with E-state index in [2.05, 4.69) is 17.2 Å². The Kier molecular flexibility index (Phi) is 2.58. The Balaban J connectivity index is 2.02. The van der Waals surface area contributed by atoms with Crippen LogP contribution < -0.4 is 5.32 Å². The first-order valence-electron chi connectivity index (χ1n) is 5.11. The Bertz CT molecular complexity index is 373. The smallest absolute Gasteiger partial charge is 0.335 e. The van der Waals surface area contributed by atoms with E-state index >= 15 is 0 Å². The Labute approximate surface area is 88.3 Å². The van der Waals surface area contributed by atoms with Gasteiger partial charge in [0.1, 0.15) is 5.82 Å². The van der Waals surface area contributed by atoms with Gasteiger partial charge in [0.05, 0.1) is 5.56 Å². The molecule has 0 aromatic carbocycles. The second-order valence-electron chi connectivity index (χ2n) is 4.15. The van der Waals surface area contributed by atoms with Crippen molar-refractivity contribution in [3.05, 3.63) is 23.9 Å². The summed E-state index contributed by atoms with van der Waals surface area (Å²) in [6, 6.07) is 3.53. The highest BCUT2D eigenvalue weighted by molar-refractivity contribution is 5.88. The molecule has 4 nitrogen and oxygen atoms in total. The number of hydrogen-bond donors (Lipinski definition) is 2. The van der Waals surface area contributed by atoms with Crippen molar-refractivity contribution in [1.82, 2.24) is 4.98 Å². The molecule has 4 heteroatoms. The van der Waals surface area contributed by atoms with Crippen molar-refractivity contribution in [3.8, 4) is 0 Å². The van der Waals surface area contributed by atoms with Gasteiger partial charge in [-0.1, -0.05) is 6.92 Å². The van der Waals surface area contributed by atoms with E-state index in [4.69, 9.17) is 5.11 Å². The molecule has 2 rings (SSSR count). The number of hydrogen-bond acceptors (Lipinski definition) is 3. The van der Waals surface area contributed by atoms with E-state index in [1.165, 1.54) is 12.3 Å². The van der Waals surface area contributed by atoms with E-state index in [0.717, 1.165) is 18.8 Å². The summed E-state index contributed by atoms with van der Waals surface area (Å²) in [7, 11) is 0.